The highest BCUT2D eigenvalue weighted by atomic mass is 16.5. The average molecular weight is 336 g/mol. The molecule has 0 amide bonds. The molecule has 0 radical (unpaired) electrons. The fourth-order valence-electron chi connectivity index (χ4n) is 2.34. The van der Waals surface area contributed by atoms with Crippen LogP contribution in [-0.4, -0.2) is 24.2 Å². The molecule has 3 rings (SSSR count). The van der Waals surface area contributed by atoms with E-state index in [-0.39, 0.29) is 0 Å². The molecule has 2 aromatic carbocycles. The Bertz CT molecular complexity index is 825. The third-order valence-corrected chi connectivity index (χ3v) is 3.63. The summed E-state index contributed by atoms with van der Waals surface area (Å²) in [6, 6.07) is 17.5. The van der Waals surface area contributed by atoms with Crippen molar-refractivity contribution in [3.63, 3.8) is 0 Å². The lowest BCUT2D eigenvalue weighted by molar-refractivity contribution is 0.405. The highest BCUT2D eigenvalue weighted by Gasteiger charge is 2.07. The summed E-state index contributed by atoms with van der Waals surface area (Å²) < 4.78 is 10.6. The van der Waals surface area contributed by atoms with E-state index in [9.17, 15) is 0 Å². The molecule has 0 fully saturated rings. The van der Waals surface area contributed by atoms with Gasteiger partial charge in [0.15, 0.2) is 0 Å². The van der Waals surface area contributed by atoms with Gasteiger partial charge in [-0.15, -0.1) is 0 Å². The van der Waals surface area contributed by atoms with Crippen LogP contribution in [-0.2, 0) is 6.54 Å². The van der Waals surface area contributed by atoms with Gasteiger partial charge in [-0.1, -0.05) is 30.3 Å². The summed E-state index contributed by atoms with van der Waals surface area (Å²) in [6.07, 6.45) is 1.70. The van der Waals surface area contributed by atoms with Gasteiger partial charge < -0.3 is 20.1 Å². The number of rotatable bonds is 7. The predicted molar refractivity (Wildman–Crippen MR) is 98.6 cm³/mol. The maximum absolute atomic E-state index is 5.36. The molecule has 6 nitrogen and oxygen atoms in total. The maximum Gasteiger partial charge on any atom is 0.229 e. The molecule has 0 aliphatic carbocycles. The zero-order valence-electron chi connectivity index (χ0n) is 14.2. The van der Waals surface area contributed by atoms with Crippen LogP contribution in [0.5, 0.6) is 11.5 Å². The summed E-state index contributed by atoms with van der Waals surface area (Å²) >= 11 is 0. The Morgan fingerprint density at radius 2 is 1.80 bits per heavy atom. The molecule has 2 N–H and O–H groups in total. The standard InChI is InChI=1S/C19H20N4O2/c1-24-15-8-9-17(25-2)16(12-15)22-19-20-11-10-18(23-19)21-13-14-6-4-3-5-7-14/h3-12H,13H2,1-2H3,(H2,20,21,22,23). The SMILES string of the molecule is COc1ccc(OC)c(Nc2nccc(NCc3ccccc3)n2)c1. The topological polar surface area (TPSA) is 68.3 Å². The van der Waals surface area contributed by atoms with Gasteiger partial charge in [-0.25, -0.2) is 4.98 Å². The molecule has 0 unspecified atom stereocenters. The van der Waals surface area contributed by atoms with Gasteiger partial charge >= 0.3 is 0 Å². The number of aromatic nitrogens is 2. The van der Waals surface area contributed by atoms with Gasteiger partial charge in [-0.05, 0) is 23.8 Å². The van der Waals surface area contributed by atoms with Crippen molar-refractivity contribution in [2.24, 2.45) is 0 Å². The Morgan fingerprint density at radius 3 is 2.56 bits per heavy atom. The molecule has 3 aromatic rings. The summed E-state index contributed by atoms with van der Waals surface area (Å²) in [6.45, 7) is 0.694. The monoisotopic (exact) mass is 336 g/mol. The summed E-state index contributed by atoms with van der Waals surface area (Å²) in [5.74, 6) is 2.63. The lowest BCUT2D eigenvalue weighted by Gasteiger charge is -2.12. The zero-order valence-corrected chi connectivity index (χ0v) is 14.2. The third-order valence-electron chi connectivity index (χ3n) is 3.63. The van der Waals surface area contributed by atoms with Crippen molar-refractivity contribution >= 4 is 17.5 Å². The number of benzene rings is 2. The molecule has 1 heterocycles. The first kappa shape index (κ1) is 16.6. The van der Waals surface area contributed by atoms with Crippen LogP contribution >= 0.6 is 0 Å². The zero-order chi connectivity index (χ0) is 17.5. The molecule has 0 saturated heterocycles. The van der Waals surface area contributed by atoms with Crippen molar-refractivity contribution in [3.05, 3.63) is 66.4 Å². The quantitative estimate of drug-likeness (QED) is 0.683. The molecule has 0 aliphatic heterocycles. The second-order valence-corrected chi connectivity index (χ2v) is 5.30. The van der Waals surface area contributed by atoms with E-state index in [4.69, 9.17) is 9.47 Å². The molecule has 25 heavy (non-hydrogen) atoms. The number of methoxy groups -OCH3 is 2. The first-order valence-electron chi connectivity index (χ1n) is 7.88. The van der Waals surface area contributed by atoms with E-state index in [0.717, 1.165) is 17.3 Å². The molecular formula is C19H20N4O2. The van der Waals surface area contributed by atoms with Gasteiger partial charge in [0.2, 0.25) is 5.95 Å². The third kappa shape index (κ3) is 4.38. The van der Waals surface area contributed by atoms with Crippen molar-refractivity contribution in [2.45, 2.75) is 6.54 Å². The second-order valence-electron chi connectivity index (χ2n) is 5.30. The van der Waals surface area contributed by atoms with Gasteiger partial charge in [0.25, 0.3) is 0 Å². The van der Waals surface area contributed by atoms with Crippen molar-refractivity contribution in [1.29, 1.82) is 0 Å². The van der Waals surface area contributed by atoms with E-state index in [0.29, 0.717) is 18.2 Å². The van der Waals surface area contributed by atoms with Crippen LogP contribution in [0.4, 0.5) is 17.5 Å². The molecule has 6 heteroatoms. The first-order chi connectivity index (χ1) is 12.3. The van der Waals surface area contributed by atoms with E-state index >= 15 is 0 Å². The van der Waals surface area contributed by atoms with Crippen molar-refractivity contribution in [1.82, 2.24) is 9.97 Å². The largest absolute Gasteiger partial charge is 0.497 e. The highest BCUT2D eigenvalue weighted by Crippen LogP contribution is 2.30. The van der Waals surface area contributed by atoms with E-state index in [1.807, 2.05) is 42.5 Å². The van der Waals surface area contributed by atoms with Gasteiger partial charge in [0, 0.05) is 18.8 Å². The van der Waals surface area contributed by atoms with E-state index < -0.39 is 0 Å². The number of nitrogens with zero attached hydrogens (tertiary/aromatic N) is 2. The minimum absolute atomic E-state index is 0.476. The lowest BCUT2D eigenvalue weighted by atomic mass is 10.2. The Labute approximate surface area is 146 Å². The fraction of sp³-hybridized carbons (Fsp3) is 0.158. The average Bonchev–Trinajstić information content (AvgIpc) is 2.67. The highest BCUT2D eigenvalue weighted by molar-refractivity contribution is 5.65. The smallest absolute Gasteiger partial charge is 0.229 e. The maximum atomic E-state index is 5.36. The summed E-state index contributed by atoms with van der Waals surface area (Å²) in [4.78, 5) is 8.75. The molecule has 0 saturated carbocycles. The van der Waals surface area contributed by atoms with E-state index in [1.165, 1.54) is 5.56 Å². The Kier molecular flexibility index (Phi) is 5.31. The van der Waals surface area contributed by atoms with Crippen molar-refractivity contribution < 1.29 is 9.47 Å². The molecular weight excluding hydrogens is 316 g/mol. The second kappa shape index (κ2) is 8.01. The minimum atomic E-state index is 0.476. The molecule has 0 spiro atoms. The number of ether oxygens (including phenoxy) is 2. The molecule has 128 valence electrons. The number of hydrogen-bond acceptors (Lipinski definition) is 6. The summed E-state index contributed by atoms with van der Waals surface area (Å²) in [7, 11) is 3.24. The van der Waals surface area contributed by atoms with Crippen LogP contribution < -0.4 is 20.1 Å². The van der Waals surface area contributed by atoms with Gasteiger partial charge in [0.1, 0.15) is 17.3 Å². The fourth-order valence-corrected chi connectivity index (χ4v) is 2.34. The summed E-state index contributed by atoms with van der Waals surface area (Å²) in [5.41, 5.74) is 1.92. The van der Waals surface area contributed by atoms with Crippen molar-refractivity contribution in [3.8, 4) is 11.5 Å². The van der Waals surface area contributed by atoms with Crippen LogP contribution in [0.1, 0.15) is 5.56 Å². The Morgan fingerprint density at radius 1 is 0.960 bits per heavy atom. The molecule has 0 bridgehead atoms. The Balaban J connectivity index is 1.73. The summed E-state index contributed by atoms with van der Waals surface area (Å²) in [5, 5.41) is 6.46. The Hall–Kier alpha value is -3.28. The van der Waals surface area contributed by atoms with Crippen molar-refractivity contribution in [2.75, 3.05) is 24.9 Å². The number of hydrogen-bond donors (Lipinski definition) is 2. The van der Waals surface area contributed by atoms with Gasteiger partial charge in [-0.2, -0.15) is 4.98 Å². The molecule has 1 aromatic heterocycles. The minimum Gasteiger partial charge on any atom is -0.497 e. The van der Waals surface area contributed by atoms with Gasteiger partial charge in [-0.3, -0.25) is 0 Å². The van der Waals surface area contributed by atoms with E-state index in [1.54, 1.807) is 20.4 Å². The molecule has 0 atom stereocenters. The van der Waals surface area contributed by atoms with Gasteiger partial charge in [0.05, 0.1) is 19.9 Å². The number of nitrogens with one attached hydrogen (secondary N) is 2. The van der Waals surface area contributed by atoms with E-state index in [2.05, 4.69) is 32.7 Å². The van der Waals surface area contributed by atoms with Crippen LogP contribution in [0.2, 0.25) is 0 Å². The van der Waals surface area contributed by atoms with Crippen LogP contribution in [0.25, 0.3) is 0 Å². The predicted octanol–water partition coefficient (Wildman–Crippen LogP) is 3.85. The van der Waals surface area contributed by atoms with Crippen LogP contribution in [0, 0.1) is 0 Å². The lowest BCUT2D eigenvalue weighted by Crippen LogP contribution is -2.04. The first-order valence-corrected chi connectivity index (χ1v) is 7.88. The number of anilines is 3. The van der Waals surface area contributed by atoms with Crippen LogP contribution in [0.3, 0.4) is 0 Å². The normalized spacial score (nSPS) is 10.2. The van der Waals surface area contributed by atoms with Crippen LogP contribution in [0.15, 0.2) is 60.8 Å². The molecule has 0 aliphatic rings.